The van der Waals surface area contributed by atoms with Crippen molar-refractivity contribution in [2.75, 3.05) is 11.2 Å². The maximum absolute atomic E-state index is 12.7. The Labute approximate surface area is 174 Å². The predicted molar refractivity (Wildman–Crippen MR) is 105 cm³/mol. The summed E-state index contributed by atoms with van der Waals surface area (Å²) in [4.78, 5) is 16.9. The fourth-order valence-corrected chi connectivity index (χ4v) is 3.59. The number of pyridine rings is 1. The molecule has 1 aromatic heterocycles. The first-order chi connectivity index (χ1) is 14.1. The van der Waals surface area contributed by atoms with Gasteiger partial charge in [-0.2, -0.15) is 13.2 Å². The quantitative estimate of drug-likeness (QED) is 0.641. The van der Waals surface area contributed by atoms with Gasteiger partial charge in [0.25, 0.3) is 0 Å². The van der Waals surface area contributed by atoms with E-state index in [1.165, 1.54) is 12.1 Å². The number of amides is 1. The SMILES string of the molecule is Cc1nc([C@@H](C)NC(=O)C2CC2c2ccc(C(F)(F)F)cc2)ccc1NCS(=O)[O-]. The van der Waals surface area contributed by atoms with E-state index in [1.807, 2.05) is 0 Å². The van der Waals surface area contributed by atoms with Crippen molar-refractivity contribution in [3.05, 3.63) is 58.9 Å². The van der Waals surface area contributed by atoms with E-state index in [0.717, 1.165) is 17.7 Å². The highest BCUT2D eigenvalue weighted by Crippen LogP contribution is 2.48. The van der Waals surface area contributed by atoms with E-state index in [0.29, 0.717) is 23.5 Å². The molecule has 10 heteroatoms. The molecular formula is C20H21F3N3O3S-. The summed E-state index contributed by atoms with van der Waals surface area (Å²) in [6, 6.07) is 7.97. The maximum atomic E-state index is 12.7. The molecule has 1 aliphatic carbocycles. The van der Waals surface area contributed by atoms with E-state index in [-0.39, 0.29) is 29.7 Å². The Morgan fingerprint density at radius 1 is 1.27 bits per heavy atom. The average Bonchev–Trinajstić information content (AvgIpc) is 3.47. The van der Waals surface area contributed by atoms with E-state index in [1.54, 1.807) is 26.0 Å². The molecule has 1 amide bonds. The molecule has 1 aliphatic rings. The summed E-state index contributed by atoms with van der Waals surface area (Å²) in [5.41, 5.74) is 1.83. The number of nitrogens with one attached hydrogen (secondary N) is 2. The van der Waals surface area contributed by atoms with Crippen LogP contribution in [-0.2, 0) is 22.1 Å². The Balaban J connectivity index is 1.57. The molecule has 0 bridgehead atoms. The van der Waals surface area contributed by atoms with Gasteiger partial charge in [-0.05, 0) is 67.1 Å². The van der Waals surface area contributed by atoms with Crippen LogP contribution in [0, 0.1) is 12.8 Å². The number of aryl methyl sites for hydroxylation is 1. The third-order valence-corrected chi connectivity index (χ3v) is 5.46. The fraction of sp³-hybridized carbons (Fsp3) is 0.400. The number of carbonyl (C=O) groups excluding carboxylic acids is 1. The largest absolute Gasteiger partial charge is 0.771 e. The molecule has 0 aliphatic heterocycles. The lowest BCUT2D eigenvalue weighted by Gasteiger charge is -2.16. The third kappa shape index (κ3) is 5.37. The first-order valence-electron chi connectivity index (χ1n) is 9.31. The zero-order valence-corrected chi connectivity index (χ0v) is 17.1. The van der Waals surface area contributed by atoms with Gasteiger partial charge in [-0.3, -0.25) is 14.0 Å². The topological polar surface area (TPSA) is 94.2 Å². The van der Waals surface area contributed by atoms with Crippen LogP contribution in [0.4, 0.5) is 18.9 Å². The number of carbonyl (C=O) groups is 1. The smallest absolute Gasteiger partial charge is 0.416 e. The summed E-state index contributed by atoms with van der Waals surface area (Å²) < 4.78 is 59.3. The number of rotatable bonds is 7. The van der Waals surface area contributed by atoms with Crippen molar-refractivity contribution in [1.82, 2.24) is 10.3 Å². The number of anilines is 1. The molecule has 2 aromatic rings. The fourth-order valence-electron chi connectivity index (χ4n) is 3.31. The second-order valence-electron chi connectivity index (χ2n) is 7.29. The van der Waals surface area contributed by atoms with Crippen LogP contribution in [0.2, 0.25) is 0 Å². The van der Waals surface area contributed by atoms with Crippen molar-refractivity contribution >= 4 is 22.7 Å². The summed E-state index contributed by atoms with van der Waals surface area (Å²) in [6.45, 7) is 3.52. The molecule has 1 aromatic carbocycles. The van der Waals surface area contributed by atoms with Crippen molar-refractivity contribution in [2.45, 2.75) is 38.4 Å². The number of alkyl halides is 3. The number of nitrogens with zero attached hydrogens (tertiary/aromatic N) is 1. The zero-order chi connectivity index (χ0) is 22.1. The van der Waals surface area contributed by atoms with E-state index >= 15 is 0 Å². The first-order valence-corrected chi connectivity index (χ1v) is 10.6. The van der Waals surface area contributed by atoms with Crippen LogP contribution in [0.5, 0.6) is 0 Å². The standard InChI is InChI=1S/C20H22F3N3O3S/c1-11-17(24-10-30(28)29)7-8-18(25-11)12(2)26-19(27)16-9-15(16)13-3-5-14(6-4-13)20(21,22)23/h3-8,12,15-16,24H,9-10H2,1-2H3,(H,26,27)(H,28,29)/p-1/t12-,15?,16?/m1/s1. The van der Waals surface area contributed by atoms with Crippen LogP contribution >= 0.6 is 0 Å². The Hall–Kier alpha value is -2.46. The number of benzene rings is 1. The molecule has 2 N–H and O–H groups in total. The van der Waals surface area contributed by atoms with E-state index in [9.17, 15) is 26.7 Å². The normalized spacial score (nSPS) is 20.3. The van der Waals surface area contributed by atoms with Crippen molar-refractivity contribution in [3.63, 3.8) is 0 Å². The predicted octanol–water partition coefficient (Wildman–Crippen LogP) is 3.64. The Morgan fingerprint density at radius 2 is 1.93 bits per heavy atom. The van der Waals surface area contributed by atoms with Gasteiger partial charge in [0.1, 0.15) is 0 Å². The molecule has 1 saturated carbocycles. The lowest BCUT2D eigenvalue weighted by atomic mass is 10.1. The summed E-state index contributed by atoms with van der Waals surface area (Å²) >= 11 is -2.22. The van der Waals surface area contributed by atoms with Gasteiger partial charge in [0, 0.05) is 5.92 Å². The molecule has 3 rings (SSSR count). The number of hydrogen-bond acceptors (Lipinski definition) is 5. The minimum atomic E-state index is -4.38. The lowest BCUT2D eigenvalue weighted by Crippen LogP contribution is -2.29. The summed E-state index contributed by atoms with van der Waals surface area (Å²) in [6.07, 6.45) is -3.79. The Bertz CT molecular complexity index is 951. The number of aromatic nitrogens is 1. The molecule has 6 nitrogen and oxygen atoms in total. The molecule has 4 atom stereocenters. The summed E-state index contributed by atoms with van der Waals surface area (Å²) in [7, 11) is 0. The van der Waals surface area contributed by atoms with Gasteiger partial charge in [-0.25, -0.2) is 0 Å². The summed E-state index contributed by atoms with van der Waals surface area (Å²) in [5, 5.41) is 5.64. The first kappa shape index (κ1) is 22.2. The van der Waals surface area contributed by atoms with Crippen LogP contribution in [0.15, 0.2) is 36.4 Å². The molecule has 3 unspecified atom stereocenters. The summed E-state index contributed by atoms with van der Waals surface area (Å²) in [5.74, 6) is -0.760. The van der Waals surface area contributed by atoms with Crippen molar-refractivity contribution in [2.24, 2.45) is 5.92 Å². The second-order valence-corrected chi connectivity index (χ2v) is 8.19. The van der Waals surface area contributed by atoms with E-state index < -0.39 is 22.8 Å². The van der Waals surface area contributed by atoms with Gasteiger partial charge in [0.2, 0.25) is 5.91 Å². The third-order valence-electron chi connectivity index (χ3n) is 5.08. The maximum Gasteiger partial charge on any atom is 0.416 e. The van der Waals surface area contributed by atoms with Gasteiger partial charge < -0.3 is 15.2 Å². The number of halogens is 3. The highest BCUT2D eigenvalue weighted by molar-refractivity contribution is 7.79. The van der Waals surface area contributed by atoms with Crippen LogP contribution < -0.4 is 10.6 Å². The highest BCUT2D eigenvalue weighted by atomic mass is 32.2. The molecule has 30 heavy (non-hydrogen) atoms. The molecule has 1 fully saturated rings. The molecule has 162 valence electrons. The van der Waals surface area contributed by atoms with Crippen LogP contribution in [0.3, 0.4) is 0 Å². The van der Waals surface area contributed by atoms with Crippen LogP contribution in [-0.4, -0.2) is 25.5 Å². The average molecular weight is 440 g/mol. The Morgan fingerprint density at radius 3 is 2.50 bits per heavy atom. The molecule has 0 radical (unpaired) electrons. The zero-order valence-electron chi connectivity index (χ0n) is 16.3. The van der Waals surface area contributed by atoms with Gasteiger partial charge in [-0.15, -0.1) is 0 Å². The van der Waals surface area contributed by atoms with Gasteiger partial charge in [0.15, 0.2) is 0 Å². The molecule has 0 saturated heterocycles. The lowest BCUT2D eigenvalue weighted by molar-refractivity contribution is -0.137. The molecule has 1 heterocycles. The van der Waals surface area contributed by atoms with Gasteiger partial charge in [0.05, 0.1) is 34.6 Å². The van der Waals surface area contributed by atoms with Crippen LogP contribution in [0.25, 0.3) is 0 Å². The van der Waals surface area contributed by atoms with E-state index in [4.69, 9.17) is 0 Å². The Kier molecular flexibility index (Phi) is 6.47. The molecule has 0 spiro atoms. The van der Waals surface area contributed by atoms with Gasteiger partial charge in [-0.1, -0.05) is 12.1 Å². The van der Waals surface area contributed by atoms with Crippen LogP contribution in [0.1, 0.15) is 47.8 Å². The van der Waals surface area contributed by atoms with E-state index in [2.05, 4.69) is 15.6 Å². The second kappa shape index (κ2) is 8.73. The van der Waals surface area contributed by atoms with Gasteiger partial charge >= 0.3 is 6.18 Å². The molecular weight excluding hydrogens is 419 g/mol. The van der Waals surface area contributed by atoms with Crippen molar-refractivity contribution in [3.8, 4) is 0 Å². The minimum Gasteiger partial charge on any atom is -0.771 e. The minimum absolute atomic E-state index is 0.0892. The number of hydrogen-bond donors (Lipinski definition) is 2. The monoisotopic (exact) mass is 440 g/mol. The van der Waals surface area contributed by atoms with Crippen molar-refractivity contribution < 1.29 is 26.7 Å². The van der Waals surface area contributed by atoms with Crippen molar-refractivity contribution in [1.29, 1.82) is 0 Å². The highest BCUT2D eigenvalue weighted by Gasteiger charge is 2.44.